The van der Waals surface area contributed by atoms with Gasteiger partial charge in [-0.05, 0) is 92.2 Å². The fourth-order valence-corrected chi connectivity index (χ4v) is 6.26. The van der Waals surface area contributed by atoms with Crippen molar-refractivity contribution in [3.63, 3.8) is 0 Å². The van der Waals surface area contributed by atoms with Crippen molar-refractivity contribution in [3.05, 3.63) is 29.8 Å². The van der Waals surface area contributed by atoms with Crippen LogP contribution in [0, 0.1) is 23.2 Å². The predicted molar refractivity (Wildman–Crippen MR) is 98.4 cm³/mol. The summed E-state index contributed by atoms with van der Waals surface area (Å²) in [5.74, 6) is 2.75. The fourth-order valence-electron chi connectivity index (χ4n) is 6.26. The molecule has 1 aromatic carbocycles. The Labute approximate surface area is 150 Å². The van der Waals surface area contributed by atoms with E-state index in [1.54, 1.807) is 5.48 Å². The molecule has 0 unspecified atom stereocenters. The van der Waals surface area contributed by atoms with E-state index in [0.29, 0.717) is 5.41 Å². The van der Waals surface area contributed by atoms with Gasteiger partial charge in [0.25, 0.3) is 0 Å². The summed E-state index contributed by atoms with van der Waals surface area (Å²) in [6, 6.07) is 7.92. The molecule has 5 rings (SSSR count). The van der Waals surface area contributed by atoms with Crippen molar-refractivity contribution in [2.75, 3.05) is 11.9 Å². The Morgan fingerprint density at radius 1 is 1.04 bits per heavy atom. The minimum absolute atomic E-state index is 0.211. The zero-order chi connectivity index (χ0) is 17.3. The number of nitrogens with one attached hydrogen (secondary N) is 2. The molecule has 0 radical (unpaired) electrons. The van der Waals surface area contributed by atoms with Crippen molar-refractivity contribution in [3.8, 4) is 0 Å². The van der Waals surface area contributed by atoms with Gasteiger partial charge in [-0.1, -0.05) is 12.1 Å². The van der Waals surface area contributed by atoms with Gasteiger partial charge in [0.1, 0.15) is 0 Å². The molecular formula is C21H30N2O2. The van der Waals surface area contributed by atoms with E-state index in [2.05, 4.69) is 5.32 Å². The summed E-state index contributed by atoms with van der Waals surface area (Å²) in [6.07, 6.45) is 11.9. The average molecular weight is 342 g/mol. The normalized spacial score (nSPS) is 32.6. The number of carbonyl (C=O) groups excluding carboxylic acids is 1. The van der Waals surface area contributed by atoms with Gasteiger partial charge in [0, 0.05) is 12.2 Å². The van der Waals surface area contributed by atoms with Gasteiger partial charge in [0.2, 0.25) is 5.91 Å². The second kappa shape index (κ2) is 6.99. The third kappa shape index (κ3) is 3.84. The summed E-state index contributed by atoms with van der Waals surface area (Å²) in [7, 11) is 0. The van der Waals surface area contributed by atoms with Crippen LogP contribution >= 0.6 is 0 Å². The highest BCUT2D eigenvalue weighted by atomic mass is 16.5. The van der Waals surface area contributed by atoms with Gasteiger partial charge in [0.15, 0.2) is 0 Å². The summed E-state index contributed by atoms with van der Waals surface area (Å²) in [5.41, 5.74) is 4.37. The Balaban J connectivity index is 1.23. The van der Waals surface area contributed by atoms with Gasteiger partial charge in [-0.25, -0.2) is 5.48 Å². The van der Waals surface area contributed by atoms with E-state index in [4.69, 9.17) is 5.21 Å². The second-order valence-corrected chi connectivity index (χ2v) is 8.86. The van der Waals surface area contributed by atoms with Gasteiger partial charge < -0.3 is 5.32 Å². The molecule has 136 valence electrons. The molecule has 0 heterocycles. The number of anilines is 1. The topological polar surface area (TPSA) is 61.4 Å². The van der Waals surface area contributed by atoms with Crippen LogP contribution in [0.5, 0.6) is 0 Å². The monoisotopic (exact) mass is 342 g/mol. The molecule has 4 aliphatic carbocycles. The van der Waals surface area contributed by atoms with Crippen LogP contribution in [-0.2, 0) is 11.2 Å². The van der Waals surface area contributed by atoms with Crippen LogP contribution in [0.3, 0.4) is 0 Å². The lowest BCUT2D eigenvalue weighted by atomic mass is 9.48. The molecule has 3 N–H and O–H groups in total. The van der Waals surface area contributed by atoms with E-state index >= 15 is 0 Å². The summed E-state index contributed by atoms with van der Waals surface area (Å²) < 4.78 is 0. The summed E-state index contributed by atoms with van der Waals surface area (Å²) >= 11 is 0. The van der Waals surface area contributed by atoms with Crippen molar-refractivity contribution < 1.29 is 10.0 Å². The Bertz CT molecular complexity index is 576. The van der Waals surface area contributed by atoms with E-state index in [1.165, 1.54) is 51.4 Å². The molecule has 4 saturated carbocycles. The molecule has 0 aliphatic heterocycles. The molecule has 4 heteroatoms. The SMILES string of the molecule is O=C(Cc1ccc(NCCCC23CC4CC(CC(C4)C2)C3)cc1)NO. The van der Waals surface area contributed by atoms with Crippen molar-refractivity contribution in [2.24, 2.45) is 23.2 Å². The number of hydrogen-bond acceptors (Lipinski definition) is 3. The minimum Gasteiger partial charge on any atom is -0.385 e. The number of benzene rings is 1. The number of hydrogen-bond donors (Lipinski definition) is 3. The first-order valence-corrected chi connectivity index (χ1v) is 9.90. The van der Waals surface area contributed by atoms with E-state index < -0.39 is 0 Å². The summed E-state index contributed by atoms with van der Waals surface area (Å²) in [6.45, 7) is 1.03. The van der Waals surface area contributed by atoms with Gasteiger partial charge >= 0.3 is 0 Å². The standard InChI is InChI=1S/C21H30N2O2/c24-20(23-25)11-15-2-4-19(5-3-15)22-7-1-6-21-12-16-8-17(13-21)10-18(9-16)14-21/h2-5,16-18,22,25H,1,6-14H2,(H,23,24). The number of hydroxylamine groups is 1. The smallest absolute Gasteiger partial charge is 0.247 e. The average Bonchev–Trinajstić information content (AvgIpc) is 2.59. The Morgan fingerprint density at radius 3 is 2.20 bits per heavy atom. The number of carbonyl (C=O) groups is 1. The van der Waals surface area contributed by atoms with E-state index in [0.717, 1.165) is 35.5 Å². The van der Waals surface area contributed by atoms with Crippen LogP contribution < -0.4 is 10.8 Å². The van der Waals surface area contributed by atoms with Crippen LogP contribution in [-0.4, -0.2) is 17.7 Å². The molecule has 4 nitrogen and oxygen atoms in total. The Morgan fingerprint density at radius 2 is 1.64 bits per heavy atom. The highest BCUT2D eigenvalue weighted by Crippen LogP contribution is 2.61. The molecule has 0 atom stereocenters. The third-order valence-corrected chi connectivity index (χ3v) is 6.82. The van der Waals surface area contributed by atoms with Gasteiger partial charge in [-0.15, -0.1) is 0 Å². The zero-order valence-corrected chi connectivity index (χ0v) is 15.0. The lowest BCUT2D eigenvalue weighted by molar-refractivity contribution is -0.128. The van der Waals surface area contributed by atoms with Crippen molar-refractivity contribution >= 4 is 11.6 Å². The largest absolute Gasteiger partial charge is 0.385 e. The maximum absolute atomic E-state index is 11.2. The lowest BCUT2D eigenvalue weighted by Gasteiger charge is -2.57. The quantitative estimate of drug-likeness (QED) is 0.396. The van der Waals surface area contributed by atoms with Gasteiger partial charge in [-0.2, -0.15) is 0 Å². The Kier molecular flexibility index (Phi) is 4.72. The molecule has 1 amide bonds. The van der Waals surface area contributed by atoms with Crippen LogP contribution in [0.25, 0.3) is 0 Å². The maximum Gasteiger partial charge on any atom is 0.247 e. The Hall–Kier alpha value is -1.55. The second-order valence-electron chi connectivity index (χ2n) is 8.86. The van der Waals surface area contributed by atoms with Crippen molar-refractivity contribution in [1.29, 1.82) is 0 Å². The molecule has 0 aromatic heterocycles. The summed E-state index contributed by atoms with van der Waals surface area (Å²) in [4.78, 5) is 11.2. The van der Waals surface area contributed by atoms with Crippen LogP contribution in [0.4, 0.5) is 5.69 Å². The first-order valence-electron chi connectivity index (χ1n) is 9.90. The van der Waals surface area contributed by atoms with Crippen LogP contribution in [0.1, 0.15) is 56.9 Å². The molecule has 0 spiro atoms. The van der Waals surface area contributed by atoms with E-state index in [1.807, 2.05) is 24.3 Å². The van der Waals surface area contributed by atoms with Gasteiger partial charge in [0.05, 0.1) is 6.42 Å². The lowest BCUT2D eigenvalue weighted by Crippen LogP contribution is -2.46. The number of rotatable bonds is 7. The molecule has 0 saturated heterocycles. The molecule has 4 aliphatic rings. The molecule has 1 aromatic rings. The summed E-state index contributed by atoms with van der Waals surface area (Å²) in [5, 5.41) is 12.1. The predicted octanol–water partition coefficient (Wildman–Crippen LogP) is 4.14. The first-order chi connectivity index (χ1) is 12.1. The maximum atomic E-state index is 11.2. The number of amides is 1. The van der Waals surface area contributed by atoms with E-state index in [9.17, 15) is 4.79 Å². The van der Waals surface area contributed by atoms with E-state index in [-0.39, 0.29) is 12.3 Å². The van der Waals surface area contributed by atoms with Crippen molar-refractivity contribution in [2.45, 2.75) is 57.8 Å². The van der Waals surface area contributed by atoms with Gasteiger partial charge in [-0.3, -0.25) is 10.0 Å². The first kappa shape index (κ1) is 16.9. The molecule has 4 bridgehead atoms. The molecular weight excluding hydrogens is 312 g/mol. The fraction of sp³-hybridized carbons (Fsp3) is 0.667. The molecule has 4 fully saturated rings. The third-order valence-electron chi connectivity index (χ3n) is 6.82. The molecule has 25 heavy (non-hydrogen) atoms. The highest BCUT2D eigenvalue weighted by Gasteiger charge is 2.50. The zero-order valence-electron chi connectivity index (χ0n) is 15.0. The van der Waals surface area contributed by atoms with Crippen LogP contribution in [0.15, 0.2) is 24.3 Å². The minimum atomic E-state index is -0.378. The highest BCUT2D eigenvalue weighted by molar-refractivity contribution is 5.77. The van der Waals surface area contributed by atoms with Crippen molar-refractivity contribution in [1.82, 2.24) is 5.48 Å². The van der Waals surface area contributed by atoms with Crippen LogP contribution in [0.2, 0.25) is 0 Å².